The topological polar surface area (TPSA) is 113 Å². The molecular formula is C16H21ClN4O4. The summed E-state index contributed by atoms with van der Waals surface area (Å²) in [4.78, 5) is 8.72. The first kappa shape index (κ1) is 17.0. The van der Waals surface area contributed by atoms with Crippen LogP contribution < -0.4 is 5.32 Å². The van der Waals surface area contributed by atoms with E-state index < -0.39 is 24.5 Å². The normalized spacial score (nSPS) is 30.4. The van der Waals surface area contributed by atoms with Crippen molar-refractivity contribution in [2.45, 2.75) is 56.3 Å². The first-order valence-electron chi connectivity index (χ1n) is 8.50. The molecule has 0 aromatic carbocycles. The highest BCUT2D eigenvalue weighted by molar-refractivity contribution is 6.30. The second-order valence-electron chi connectivity index (χ2n) is 6.67. The summed E-state index contributed by atoms with van der Waals surface area (Å²) in [6.45, 7) is -0.385. The van der Waals surface area contributed by atoms with Gasteiger partial charge in [-0.25, -0.2) is 9.97 Å². The predicted molar refractivity (Wildman–Crippen MR) is 91.4 cm³/mol. The molecule has 1 aliphatic carbocycles. The number of aliphatic hydroxyl groups is 3. The van der Waals surface area contributed by atoms with Gasteiger partial charge in [0.1, 0.15) is 29.0 Å². The summed E-state index contributed by atoms with van der Waals surface area (Å²) in [6.07, 6.45) is 2.02. The molecule has 2 aromatic heterocycles. The van der Waals surface area contributed by atoms with Gasteiger partial charge in [-0.3, -0.25) is 4.57 Å². The zero-order valence-corrected chi connectivity index (χ0v) is 14.3. The zero-order valence-electron chi connectivity index (χ0n) is 13.5. The van der Waals surface area contributed by atoms with E-state index in [1.54, 1.807) is 10.6 Å². The molecule has 0 radical (unpaired) electrons. The molecule has 0 spiro atoms. The molecule has 3 heterocycles. The van der Waals surface area contributed by atoms with Crippen molar-refractivity contribution in [2.75, 3.05) is 11.9 Å². The average molecular weight is 369 g/mol. The van der Waals surface area contributed by atoms with Crippen molar-refractivity contribution < 1.29 is 20.1 Å². The highest BCUT2D eigenvalue weighted by atomic mass is 35.5. The van der Waals surface area contributed by atoms with Crippen LogP contribution in [0.3, 0.4) is 0 Å². The minimum atomic E-state index is -1.19. The van der Waals surface area contributed by atoms with E-state index in [4.69, 9.17) is 16.3 Å². The van der Waals surface area contributed by atoms with E-state index in [0.717, 1.165) is 18.5 Å². The zero-order chi connectivity index (χ0) is 17.6. The van der Waals surface area contributed by atoms with E-state index in [1.165, 1.54) is 19.2 Å². The first-order valence-corrected chi connectivity index (χ1v) is 8.88. The minimum absolute atomic E-state index is 0.307. The number of aromatic nitrogens is 3. The van der Waals surface area contributed by atoms with E-state index in [2.05, 4.69) is 15.3 Å². The van der Waals surface area contributed by atoms with Crippen LogP contribution in [0.5, 0.6) is 0 Å². The lowest BCUT2D eigenvalue weighted by molar-refractivity contribution is -0.0511. The number of pyridine rings is 1. The van der Waals surface area contributed by atoms with Gasteiger partial charge in [-0.1, -0.05) is 24.4 Å². The van der Waals surface area contributed by atoms with E-state index >= 15 is 0 Å². The van der Waals surface area contributed by atoms with Crippen LogP contribution in [0.2, 0.25) is 5.15 Å². The summed E-state index contributed by atoms with van der Waals surface area (Å²) in [5.41, 5.74) is 1.89. The highest BCUT2D eigenvalue weighted by Crippen LogP contribution is 2.34. The van der Waals surface area contributed by atoms with Crippen molar-refractivity contribution in [1.29, 1.82) is 0 Å². The molecule has 2 aliphatic rings. The minimum Gasteiger partial charge on any atom is -0.394 e. The number of anilines is 1. The Labute approximate surface area is 149 Å². The Hall–Kier alpha value is -1.45. The lowest BCUT2D eigenvalue weighted by Crippen LogP contribution is -2.33. The molecule has 4 N–H and O–H groups in total. The Morgan fingerprint density at radius 1 is 1.28 bits per heavy atom. The summed E-state index contributed by atoms with van der Waals surface area (Å²) in [5.74, 6) is 0. The molecule has 4 rings (SSSR count). The molecule has 2 aromatic rings. The Balaban J connectivity index is 1.70. The number of imidazole rings is 1. The number of hydrogen-bond acceptors (Lipinski definition) is 7. The van der Waals surface area contributed by atoms with E-state index in [-0.39, 0.29) is 6.61 Å². The molecule has 8 nitrogen and oxygen atoms in total. The standard InChI is InChI=1S/C16H21ClN4O4/c17-11-5-9(19-8-3-1-2-4-8)12-15(20-11)21(7-18-12)16-14(24)13(23)10(6-22)25-16/h5,7-8,10,13-14,16,22-24H,1-4,6H2,(H,19,20)/t10-,13+,14-,16-/m0/s1. The SMILES string of the molecule is OC[C@@H]1O[C@H](n2cnc3c(NC4CCCC4)cc(Cl)nc32)[C@@H](O)[C@@H]1O. The molecule has 1 saturated carbocycles. The summed E-state index contributed by atoms with van der Waals surface area (Å²) in [5, 5.41) is 33.3. The third-order valence-corrected chi connectivity index (χ3v) is 5.20. The first-order chi connectivity index (χ1) is 12.1. The maximum absolute atomic E-state index is 10.2. The maximum Gasteiger partial charge on any atom is 0.165 e. The maximum atomic E-state index is 10.2. The average Bonchev–Trinajstić information content (AvgIpc) is 3.29. The van der Waals surface area contributed by atoms with Crippen molar-refractivity contribution in [3.8, 4) is 0 Å². The monoisotopic (exact) mass is 368 g/mol. The van der Waals surface area contributed by atoms with E-state index in [9.17, 15) is 15.3 Å². The fourth-order valence-corrected chi connectivity index (χ4v) is 3.86. The molecule has 136 valence electrons. The largest absolute Gasteiger partial charge is 0.394 e. The smallest absolute Gasteiger partial charge is 0.165 e. The lowest BCUT2D eigenvalue weighted by atomic mass is 10.1. The van der Waals surface area contributed by atoms with Gasteiger partial charge < -0.3 is 25.4 Å². The van der Waals surface area contributed by atoms with Crippen LogP contribution in [-0.4, -0.2) is 60.8 Å². The summed E-state index contributed by atoms with van der Waals surface area (Å²) >= 11 is 6.18. The third-order valence-electron chi connectivity index (χ3n) is 5.00. The van der Waals surface area contributed by atoms with Gasteiger partial charge in [-0.15, -0.1) is 0 Å². The molecule has 2 fully saturated rings. The predicted octanol–water partition coefficient (Wildman–Crippen LogP) is 1.05. The van der Waals surface area contributed by atoms with Crippen LogP contribution in [0, 0.1) is 0 Å². The van der Waals surface area contributed by atoms with Crippen molar-refractivity contribution in [1.82, 2.24) is 14.5 Å². The van der Waals surface area contributed by atoms with Gasteiger partial charge in [0.25, 0.3) is 0 Å². The van der Waals surface area contributed by atoms with Crippen LogP contribution in [0.15, 0.2) is 12.4 Å². The number of hydrogen-bond donors (Lipinski definition) is 4. The molecule has 1 aliphatic heterocycles. The van der Waals surface area contributed by atoms with Crippen LogP contribution in [0.1, 0.15) is 31.9 Å². The van der Waals surface area contributed by atoms with Gasteiger partial charge in [0, 0.05) is 12.1 Å². The number of nitrogens with one attached hydrogen (secondary N) is 1. The van der Waals surface area contributed by atoms with Gasteiger partial charge in [-0.2, -0.15) is 0 Å². The van der Waals surface area contributed by atoms with Crippen LogP contribution in [0.25, 0.3) is 11.2 Å². The number of rotatable bonds is 4. The van der Waals surface area contributed by atoms with Crippen molar-refractivity contribution in [3.63, 3.8) is 0 Å². The fourth-order valence-electron chi connectivity index (χ4n) is 3.67. The molecule has 1 saturated heterocycles. The molecule has 4 atom stereocenters. The van der Waals surface area contributed by atoms with Crippen molar-refractivity contribution in [2.24, 2.45) is 0 Å². The quantitative estimate of drug-likeness (QED) is 0.596. The fraction of sp³-hybridized carbons (Fsp3) is 0.625. The van der Waals surface area contributed by atoms with Gasteiger partial charge in [0.05, 0.1) is 18.6 Å². The number of ether oxygens (including phenoxy) is 1. The Morgan fingerprint density at radius 2 is 2.04 bits per heavy atom. The Morgan fingerprint density at radius 3 is 2.72 bits per heavy atom. The number of nitrogens with zero attached hydrogens (tertiary/aromatic N) is 3. The highest BCUT2D eigenvalue weighted by Gasteiger charge is 2.44. The Bertz CT molecular complexity index is 764. The van der Waals surface area contributed by atoms with Gasteiger partial charge >= 0.3 is 0 Å². The Kier molecular flexibility index (Phi) is 4.55. The van der Waals surface area contributed by atoms with Crippen LogP contribution in [0.4, 0.5) is 5.69 Å². The van der Waals surface area contributed by atoms with Crippen LogP contribution >= 0.6 is 11.6 Å². The third kappa shape index (κ3) is 2.98. The number of aliphatic hydroxyl groups excluding tert-OH is 3. The van der Waals surface area contributed by atoms with Gasteiger partial charge in [0.2, 0.25) is 0 Å². The second kappa shape index (κ2) is 6.69. The van der Waals surface area contributed by atoms with E-state index in [1.807, 2.05) is 0 Å². The summed E-state index contributed by atoms with van der Waals surface area (Å²) < 4.78 is 7.12. The lowest BCUT2D eigenvalue weighted by Gasteiger charge is -2.17. The molecule has 25 heavy (non-hydrogen) atoms. The molecule has 0 unspecified atom stereocenters. The number of fused-ring (bicyclic) bond motifs is 1. The molecule has 0 amide bonds. The van der Waals surface area contributed by atoms with E-state index in [0.29, 0.717) is 22.4 Å². The van der Waals surface area contributed by atoms with Crippen molar-refractivity contribution >= 4 is 28.5 Å². The molecular weight excluding hydrogens is 348 g/mol. The summed E-state index contributed by atoms with van der Waals surface area (Å²) in [7, 11) is 0. The van der Waals surface area contributed by atoms with Gasteiger partial charge in [-0.05, 0) is 12.8 Å². The van der Waals surface area contributed by atoms with Crippen molar-refractivity contribution in [3.05, 3.63) is 17.5 Å². The van der Waals surface area contributed by atoms with Gasteiger partial charge in [0.15, 0.2) is 11.9 Å². The van der Waals surface area contributed by atoms with Crippen LogP contribution in [-0.2, 0) is 4.74 Å². The molecule has 0 bridgehead atoms. The molecule has 9 heteroatoms. The summed E-state index contributed by atoms with van der Waals surface area (Å²) in [6, 6.07) is 2.14. The second-order valence-corrected chi connectivity index (χ2v) is 7.06. The number of halogens is 1.